The van der Waals surface area contributed by atoms with Crippen LogP contribution >= 0.6 is 0 Å². The van der Waals surface area contributed by atoms with E-state index in [1.165, 1.54) is 5.56 Å². The van der Waals surface area contributed by atoms with E-state index >= 15 is 0 Å². The van der Waals surface area contributed by atoms with E-state index in [0.29, 0.717) is 18.5 Å². The number of nitrogens with one attached hydrogen (secondary N) is 1. The molecule has 1 fully saturated rings. The monoisotopic (exact) mass is 348 g/mol. The molecule has 1 N–H and O–H groups in total. The van der Waals surface area contributed by atoms with Gasteiger partial charge in [-0.15, -0.1) is 0 Å². The highest BCUT2D eigenvalue weighted by Gasteiger charge is 2.30. The molecular weight excluding hydrogens is 328 g/mol. The van der Waals surface area contributed by atoms with Crippen molar-refractivity contribution < 1.29 is 14.4 Å². The van der Waals surface area contributed by atoms with Gasteiger partial charge in [0.1, 0.15) is 0 Å². The van der Waals surface area contributed by atoms with Crippen LogP contribution in [0.25, 0.3) is 0 Å². The fourth-order valence-corrected chi connectivity index (χ4v) is 3.70. The number of hydrogen-bond acceptors (Lipinski definition) is 3. The molecule has 5 nitrogen and oxygen atoms in total. The Balaban J connectivity index is 1.49. The fraction of sp³-hybridized carbons (Fsp3) is 0.286. The van der Waals surface area contributed by atoms with Crippen LogP contribution in [0.2, 0.25) is 0 Å². The van der Waals surface area contributed by atoms with Crippen LogP contribution in [0.5, 0.6) is 0 Å². The van der Waals surface area contributed by atoms with Crippen molar-refractivity contribution in [1.82, 2.24) is 5.32 Å². The average Bonchev–Trinajstić information content (AvgIpc) is 3.17. The van der Waals surface area contributed by atoms with Crippen molar-refractivity contribution in [2.75, 3.05) is 11.4 Å². The first kappa shape index (κ1) is 16.5. The third kappa shape index (κ3) is 3.01. The predicted octanol–water partition coefficient (Wildman–Crippen LogP) is 2.40. The van der Waals surface area contributed by atoms with Crippen molar-refractivity contribution in [3.05, 3.63) is 64.7 Å². The quantitative estimate of drug-likeness (QED) is 0.866. The molecule has 0 bridgehead atoms. The molecule has 2 aromatic carbocycles. The minimum absolute atomic E-state index is 0.00492. The van der Waals surface area contributed by atoms with Crippen LogP contribution in [0.15, 0.2) is 42.5 Å². The van der Waals surface area contributed by atoms with Gasteiger partial charge in [-0.3, -0.25) is 19.7 Å². The van der Waals surface area contributed by atoms with E-state index in [9.17, 15) is 14.4 Å². The van der Waals surface area contributed by atoms with Crippen LogP contribution in [0.4, 0.5) is 5.69 Å². The molecule has 4 rings (SSSR count). The number of carbonyl (C=O) groups is 3. The molecule has 1 saturated heterocycles. The van der Waals surface area contributed by atoms with Crippen molar-refractivity contribution in [3.63, 3.8) is 0 Å². The molecule has 0 aromatic heterocycles. The largest absolute Gasteiger partial charge is 0.308 e. The SMILES string of the molecule is Cc1ccc2c(c1)N(C(=O)c1ccc(C[C@H]3CC(=O)NC3=O)cc1)CC2. The molecule has 26 heavy (non-hydrogen) atoms. The number of fused-ring (bicyclic) bond motifs is 1. The van der Waals surface area contributed by atoms with Crippen molar-refractivity contribution >= 4 is 23.4 Å². The Bertz CT molecular complexity index is 902. The molecule has 0 spiro atoms. The second-order valence-corrected chi connectivity index (χ2v) is 7.05. The van der Waals surface area contributed by atoms with E-state index in [4.69, 9.17) is 0 Å². The van der Waals surface area contributed by atoms with Gasteiger partial charge < -0.3 is 4.90 Å². The first-order valence-corrected chi connectivity index (χ1v) is 8.85. The number of carbonyl (C=O) groups excluding carboxylic acids is 3. The molecule has 0 unspecified atom stereocenters. The van der Waals surface area contributed by atoms with E-state index in [0.717, 1.165) is 23.2 Å². The van der Waals surface area contributed by atoms with E-state index in [1.54, 1.807) is 12.1 Å². The number of imide groups is 1. The lowest BCUT2D eigenvalue weighted by Gasteiger charge is -2.18. The van der Waals surface area contributed by atoms with Gasteiger partial charge in [-0.25, -0.2) is 0 Å². The van der Waals surface area contributed by atoms with Crippen LogP contribution in [0.1, 0.15) is 33.5 Å². The van der Waals surface area contributed by atoms with Gasteiger partial charge in [-0.05, 0) is 54.7 Å². The van der Waals surface area contributed by atoms with Crippen molar-refractivity contribution in [2.24, 2.45) is 5.92 Å². The molecule has 0 radical (unpaired) electrons. The summed E-state index contributed by atoms with van der Waals surface area (Å²) in [6, 6.07) is 13.6. The summed E-state index contributed by atoms with van der Waals surface area (Å²) in [5, 5.41) is 2.33. The summed E-state index contributed by atoms with van der Waals surface area (Å²) in [6.07, 6.45) is 1.63. The van der Waals surface area contributed by atoms with Gasteiger partial charge in [0.25, 0.3) is 5.91 Å². The lowest BCUT2D eigenvalue weighted by Crippen LogP contribution is -2.28. The third-order valence-electron chi connectivity index (χ3n) is 5.13. The number of rotatable bonds is 3. The predicted molar refractivity (Wildman–Crippen MR) is 98.0 cm³/mol. The van der Waals surface area contributed by atoms with Gasteiger partial charge in [-0.2, -0.15) is 0 Å². The van der Waals surface area contributed by atoms with E-state index < -0.39 is 0 Å². The van der Waals surface area contributed by atoms with Crippen LogP contribution in [0.3, 0.4) is 0 Å². The summed E-state index contributed by atoms with van der Waals surface area (Å²) >= 11 is 0. The number of benzene rings is 2. The number of hydrogen-bond donors (Lipinski definition) is 1. The van der Waals surface area contributed by atoms with E-state index in [2.05, 4.69) is 23.5 Å². The number of aryl methyl sites for hydroxylation is 1. The molecule has 132 valence electrons. The van der Waals surface area contributed by atoms with Crippen molar-refractivity contribution in [3.8, 4) is 0 Å². The number of amides is 3. The smallest absolute Gasteiger partial charge is 0.258 e. The fourth-order valence-electron chi connectivity index (χ4n) is 3.70. The Hall–Kier alpha value is -2.95. The molecule has 2 aliphatic rings. The highest BCUT2D eigenvalue weighted by atomic mass is 16.2. The van der Waals surface area contributed by atoms with Gasteiger partial charge in [0, 0.05) is 24.2 Å². The summed E-state index contributed by atoms with van der Waals surface area (Å²) in [4.78, 5) is 37.7. The second-order valence-electron chi connectivity index (χ2n) is 7.05. The molecule has 0 saturated carbocycles. The Kier molecular flexibility index (Phi) is 4.07. The van der Waals surface area contributed by atoms with Gasteiger partial charge in [0.15, 0.2) is 0 Å². The maximum atomic E-state index is 12.9. The Morgan fingerprint density at radius 2 is 1.92 bits per heavy atom. The summed E-state index contributed by atoms with van der Waals surface area (Å²) in [6.45, 7) is 2.73. The standard InChI is InChI=1S/C21H20N2O3/c1-13-2-5-15-8-9-23(18(15)10-13)21(26)16-6-3-14(4-7-16)11-17-12-19(24)22-20(17)25/h2-7,10,17H,8-9,11-12H2,1H3,(H,22,24,25)/t17-/m0/s1. The van der Waals surface area contributed by atoms with Crippen LogP contribution in [-0.2, 0) is 22.4 Å². The molecule has 2 aromatic rings. The minimum atomic E-state index is -0.308. The topological polar surface area (TPSA) is 66.5 Å². The normalized spacial score (nSPS) is 18.8. The van der Waals surface area contributed by atoms with Crippen LogP contribution in [-0.4, -0.2) is 24.3 Å². The third-order valence-corrected chi connectivity index (χ3v) is 5.13. The van der Waals surface area contributed by atoms with Crippen molar-refractivity contribution in [2.45, 2.75) is 26.2 Å². The Morgan fingerprint density at radius 3 is 2.62 bits per heavy atom. The van der Waals surface area contributed by atoms with Gasteiger partial charge in [0.2, 0.25) is 11.8 Å². The summed E-state index contributed by atoms with van der Waals surface area (Å²) in [5.41, 5.74) is 4.94. The van der Waals surface area contributed by atoms with E-state index in [1.807, 2.05) is 24.0 Å². The molecular formula is C21H20N2O3. The highest BCUT2D eigenvalue weighted by molar-refractivity contribution is 6.07. The maximum absolute atomic E-state index is 12.9. The van der Waals surface area contributed by atoms with Gasteiger partial charge in [-0.1, -0.05) is 24.3 Å². The Morgan fingerprint density at radius 1 is 1.15 bits per heavy atom. The maximum Gasteiger partial charge on any atom is 0.258 e. The number of anilines is 1. The van der Waals surface area contributed by atoms with E-state index in [-0.39, 0.29) is 30.1 Å². The first-order valence-electron chi connectivity index (χ1n) is 8.85. The van der Waals surface area contributed by atoms with Crippen LogP contribution in [0, 0.1) is 12.8 Å². The summed E-state index contributed by atoms with van der Waals surface area (Å²) in [5.74, 6) is -0.735. The summed E-state index contributed by atoms with van der Waals surface area (Å²) < 4.78 is 0. The lowest BCUT2D eigenvalue weighted by atomic mass is 9.97. The average molecular weight is 348 g/mol. The van der Waals surface area contributed by atoms with Crippen LogP contribution < -0.4 is 10.2 Å². The van der Waals surface area contributed by atoms with Gasteiger partial charge >= 0.3 is 0 Å². The molecule has 0 aliphatic carbocycles. The zero-order valence-electron chi connectivity index (χ0n) is 14.6. The minimum Gasteiger partial charge on any atom is -0.308 e. The second kappa shape index (κ2) is 6.41. The molecule has 5 heteroatoms. The molecule has 1 atom stereocenters. The zero-order chi connectivity index (χ0) is 18.3. The molecule has 2 aliphatic heterocycles. The Labute approximate surface area is 152 Å². The number of nitrogens with zero attached hydrogens (tertiary/aromatic N) is 1. The van der Waals surface area contributed by atoms with Gasteiger partial charge in [0.05, 0.1) is 5.92 Å². The van der Waals surface area contributed by atoms with Crippen molar-refractivity contribution in [1.29, 1.82) is 0 Å². The lowest BCUT2D eigenvalue weighted by molar-refractivity contribution is -0.125. The summed E-state index contributed by atoms with van der Waals surface area (Å²) in [7, 11) is 0. The molecule has 2 heterocycles. The zero-order valence-corrected chi connectivity index (χ0v) is 14.6. The first-order chi connectivity index (χ1) is 12.5. The highest BCUT2D eigenvalue weighted by Crippen LogP contribution is 2.30. The molecule has 3 amide bonds.